The van der Waals surface area contributed by atoms with Gasteiger partial charge in [-0.25, -0.2) is 17.5 Å². The quantitative estimate of drug-likeness (QED) is 0.290. The van der Waals surface area contributed by atoms with E-state index in [0.717, 1.165) is 0 Å². The molecule has 2 heterocycles. The molecule has 2 amide bonds. The topological polar surface area (TPSA) is 107 Å². The minimum Gasteiger partial charge on any atom is -0.731 e. The van der Waals surface area contributed by atoms with Crippen molar-refractivity contribution in [3.8, 4) is 0 Å². The van der Waals surface area contributed by atoms with Crippen LogP contribution in [0.25, 0.3) is 0 Å². The molecule has 2 saturated heterocycles. The van der Waals surface area contributed by atoms with Crippen molar-refractivity contribution in [2.45, 2.75) is 51.3 Å². The van der Waals surface area contributed by atoms with Crippen molar-refractivity contribution in [2.75, 3.05) is 6.54 Å². The molecule has 0 unspecified atom stereocenters. The average molecular weight is 328 g/mol. The fraction of sp³-hybridized carbons (Fsp3) is 0.818. The molecule has 0 spiro atoms. The SMILES string of the molecule is CC(C)(C)OC(=O)N1CCC[C@@H]2[C@H]1C(=O)N2S(=O)(=O)[O-].[Na+]. The fourth-order valence-electron chi connectivity index (χ4n) is 2.53. The van der Waals surface area contributed by atoms with Gasteiger partial charge < -0.3 is 9.29 Å². The van der Waals surface area contributed by atoms with E-state index < -0.39 is 40.0 Å². The van der Waals surface area contributed by atoms with Crippen LogP contribution in [-0.4, -0.2) is 58.4 Å². The first-order chi connectivity index (χ1) is 9.02. The van der Waals surface area contributed by atoms with Crippen LogP contribution in [0.5, 0.6) is 0 Å². The van der Waals surface area contributed by atoms with Crippen molar-refractivity contribution in [2.24, 2.45) is 0 Å². The fourth-order valence-corrected chi connectivity index (χ4v) is 3.41. The Kier molecular flexibility index (Phi) is 5.37. The number of amides is 2. The third-order valence-corrected chi connectivity index (χ3v) is 4.17. The Morgan fingerprint density at radius 3 is 2.43 bits per heavy atom. The molecule has 114 valence electrons. The first-order valence-corrected chi connectivity index (χ1v) is 7.67. The standard InChI is InChI=1S/C11H18N2O6S.Na/c1-11(2,3)19-10(15)12-6-4-5-7-8(12)9(14)13(7)20(16,17)18;/h7-8H,4-6H2,1-3H3,(H,16,17,18);/q;+1/p-1/t7-,8+;/m1./s1. The maximum Gasteiger partial charge on any atom is 1.00 e. The average Bonchev–Trinajstić information content (AvgIpc) is 2.22. The summed E-state index contributed by atoms with van der Waals surface area (Å²) < 4.78 is 38.5. The van der Waals surface area contributed by atoms with E-state index in [2.05, 4.69) is 0 Å². The van der Waals surface area contributed by atoms with Crippen LogP contribution in [0.15, 0.2) is 0 Å². The second-order valence-electron chi connectivity index (χ2n) is 5.92. The van der Waals surface area contributed by atoms with Crippen LogP contribution in [0, 0.1) is 0 Å². The molecule has 10 heteroatoms. The Hall–Kier alpha value is -0.350. The molecule has 0 bridgehead atoms. The number of hydrogen-bond donors (Lipinski definition) is 0. The number of carbonyl (C=O) groups excluding carboxylic acids is 2. The molecule has 2 rings (SSSR count). The second-order valence-corrected chi connectivity index (χ2v) is 7.17. The largest absolute Gasteiger partial charge is 1.00 e. The molecular weight excluding hydrogens is 311 g/mol. The third-order valence-electron chi connectivity index (χ3n) is 3.24. The Balaban J connectivity index is 0.00000220. The van der Waals surface area contributed by atoms with Crippen LogP contribution in [0.3, 0.4) is 0 Å². The van der Waals surface area contributed by atoms with E-state index in [4.69, 9.17) is 4.74 Å². The minimum atomic E-state index is -4.81. The Bertz CT molecular complexity index is 543. The van der Waals surface area contributed by atoms with Crippen molar-refractivity contribution < 1.29 is 56.9 Å². The van der Waals surface area contributed by atoms with Crippen molar-refractivity contribution in [1.82, 2.24) is 9.21 Å². The predicted octanol–water partition coefficient (Wildman–Crippen LogP) is -2.94. The molecule has 0 aromatic heterocycles. The molecule has 8 nitrogen and oxygen atoms in total. The summed E-state index contributed by atoms with van der Waals surface area (Å²) in [6.45, 7) is 5.41. The molecule has 2 aliphatic rings. The molecule has 0 N–H and O–H groups in total. The molecular formula is C11H17N2NaO6S. The van der Waals surface area contributed by atoms with Gasteiger partial charge in [-0.15, -0.1) is 0 Å². The van der Waals surface area contributed by atoms with E-state index in [1.165, 1.54) is 4.90 Å². The number of nitrogens with zero attached hydrogens (tertiary/aromatic N) is 2. The Morgan fingerprint density at radius 2 is 1.95 bits per heavy atom. The number of fused-ring (bicyclic) bond motifs is 1. The van der Waals surface area contributed by atoms with Crippen molar-refractivity contribution in [3.05, 3.63) is 0 Å². The van der Waals surface area contributed by atoms with Crippen LogP contribution >= 0.6 is 0 Å². The number of β-lactam (4-membered cyclic amide) rings is 1. The molecule has 0 saturated carbocycles. The van der Waals surface area contributed by atoms with Crippen LogP contribution in [0.1, 0.15) is 33.6 Å². The van der Waals surface area contributed by atoms with Gasteiger partial charge in [-0.2, -0.15) is 0 Å². The Labute approximate surface area is 146 Å². The van der Waals surface area contributed by atoms with Gasteiger partial charge in [-0.3, -0.25) is 9.69 Å². The molecule has 2 atom stereocenters. The van der Waals surface area contributed by atoms with Gasteiger partial charge in [-0.05, 0) is 33.6 Å². The van der Waals surface area contributed by atoms with E-state index in [1.54, 1.807) is 20.8 Å². The van der Waals surface area contributed by atoms with E-state index >= 15 is 0 Å². The van der Waals surface area contributed by atoms with Crippen LogP contribution in [0.2, 0.25) is 0 Å². The predicted molar refractivity (Wildman–Crippen MR) is 66.3 cm³/mol. The van der Waals surface area contributed by atoms with Crippen molar-refractivity contribution >= 4 is 22.3 Å². The molecule has 21 heavy (non-hydrogen) atoms. The van der Waals surface area contributed by atoms with Gasteiger partial charge in [0.15, 0.2) is 10.3 Å². The second kappa shape index (κ2) is 6.04. The summed E-state index contributed by atoms with van der Waals surface area (Å²) >= 11 is 0. The minimum absolute atomic E-state index is 0. The monoisotopic (exact) mass is 328 g/mol. The van der Waals surface area contributed by atoms with E-state index in [0.29, 0.717) is 23.7 Å². The maximum absolute atomic E-state index is 12.0. The summed E-state index contributed by atoms with van der Waals surface area (Å²) in [7, 11) is -4.81. The Morgan fingerprint density at radius 1 is 1.38 bits per heavy atom. The smallest absolute Gasteiger partial charge is 0.731 e. The zero-order chi connectivity index (χ0) is 15.3. The van der Waals surface area contributed by atoms with Gasteiger partial charge >= 0.3 is 35.7 Å². The molecule has 0 aromatic carbocycles. The first kappa shape index (κ1) is 18.7. The summed E-state index contributed by atoms with van der Waals surface area (Å²) in [5.74, 6) is -0.851. The zero-order valence-corrected chi connectivity index (χ0v) is 15.3. The zero-order valence-electron chi connectivity index (χ0n) is 12.5. The molecule has 0 aliphatic carbocycles. The summed E-state index contributed by atoms with van der Waals surface area (Å²) in [6.07, 6.45) is 0.236. The van der Waals surface area contributed by atoms with Crippen molar-refractivity contribution in [3.63, 3.8) is 0 Å². The van der Waals surface area contributed by atoms with E-state index in [-0.39, 0.29) is 29.6 Å². The summed E-state index contributed by atoms with van der Waals surface area (Å²) in [5.41, 5.74) is -0.707. The van der Waals surface area contributed by atoms with E-state index in [1.807, 2.05) is 0 Å². The maximum atomic E-state index is 12.0. The van der Waals surface area contributed by atoms with Gasteiger partial charge in [0.25, 0.3) is 5.91 Å². The van der Waals surface area contributed by atoms with Gasteiger partial charge in [0.2, 0.25) is 0 Å². The van der Waals surface area contributed by atoms with Gasteiger partial charge in [0.05, 0.1) is 6.04 Å². The number of ether oxygens (including phenoxy) is 1. The number of carbonyl (C=O) groups is 2. The number of piperidine rings is 1. The van der Waals surface area contributed by atoms with Gasteiger partial charge in [-0.1, -0.05) is 0 Å². The van der Waals surface area contributed by atoms with Gasteiger partial charge in [0.1, 0.15) is 11.6 Å². The van der Waals surface area contributed by atoms with Crippen LogP contribution in [-0.2, 0) is 19.8 Å². The van der Waals surface area contributed by atoms with Crippen LogP contribution < -0.4 is 29.6 Å². The number of hydrogen-bond acceptors (Lipinski definition) is 6. The third kappa shape index (κ3) is 3.70. The van der Waals surface area contributed by atoms with E-state index in [9.17, 15) is 22.6 Å². The number of likely N-dealkylation sites (tertiary alicyclic amines) is 1. The molecule has 0 radical (unpaired) electrons. The van der Waals surface area contributed by atoms with Crippen molar-refractivity contribution in [1.29, 1.82) is 0 Å². The van der Waals surface area contributed by atoms with Gasteiger partial charge in [0, 0.05) is 6.54 Å². The summed E-state index contributed by atoms with van der Waals surface area (Å²) in [6, 6.07) is -1.66. The number of rotatable bonds is 1. The normalized spacial score (nSPS) is 25.6. The molecule has 2 fully saturated rings. The summed E-state index contributed by atoms with van der Waals surface area (Å²) in [4.78, 5) is 25.0. The summed E-state index contributed by atoms with van der Waals surface area (Å²) in [5, 5.41) is 0. The first-order valence-electron chi connectivity index (χ1n) is 6.31. The van der Waals surface area contributed by atoms with Crippen LogP contribution in [0.4, 0.5) is 4.79 Å². The molecule has 2 aliphatic heterocycles. The molecule has 0 aromatic rings.